The summed E-state index contributed by atoms with van der Waals surface area (Å²) in [4.78, 5) is 27.8. The van der Waals surface area contributed by atoms with Gasteiger partial charge >= 0.3 is 0 Å². The Hall–Kier alpha value is -2.40. The third-order valence-electron chi connectivity index (χ3n) is 4.16. The lowest BCUT2D eigenvalue weighted by molar-refractivity contribution is 0.0940. The molecule has 1 aromatic heterocycles. The minimum Gasteiger partial charge on any atom is -0.364 e. The lowest BCUT2D eigenvalue weighted by Crippen LogP contribution is -2.21. The molecule has 1 aliphatic rings. The van der Waals surface area contributed by atoms with E-state index in [4.69, 9.17) is 0 Å². The number of amides is 1. The molecule has 3 rings (SSSR count). The molecule has 0 radical (unpaired) electrons. The van der Waals surface area contributed by atoms with Gasteiger partial charge in [0.15, 0.2) is 5.78 Å². The number of aromatic nitrogens is 1. The first-order valence-electron chi connectivity index (χ1n) is 7.87. The first kappa shape index (κ1) is 15.5. The van der Waals surface area contributed by atoms with Gasteiger partial charge in [0.2, 0.25) is 0 Å². The maximum absolute atomic E-state index is 12.5. The van der Waals surface area contributed by atoms with E-state index >= 15 is 0 Å². The van der Waals surface area contributed by atoms with Crippen molar-refractivity contribution in [2.75, 3.05) is 12.4 Å². The Morgan fingerprint density at radius 3 is 2.70 bits per heavy atom. The van der Waals surface area contributed by atoms with Crippen LogP contribution in [0.3, 0.4) is 0 Å². The van der Waals surface area contributed by atoms with E-state index in [2.05, 4.69) is 15.6 Å². The van der Waals surface area contributed by atoms with Crippen molar-refractivity contribution in [2.45, 2.75) is 26.3 Å². The van der Waals surface area contributed by atoms with Crippen LogP contribution in [0.25, 0.3) is 0 Å². The number of Topliss-reactive ketones (excluding diaryl/α,β-unsaturated/α-hetero) is 1. The predicted octanol–water partition coefficient (Wildman–Crippen LogP) is 2.75. The Morgan fingerprint density at radius 2 is 2.00 bits per heavy atom. The van der Waals surface area contributed by atoms with Gasteiger partial charge in [0.1, 0.15) is 0 Å². The van der Waals surface area contributed by atoms with Crippen molar-refractivity contribution in [1.82, 2.24) is 10.3 Å². The first-order chi connectivity index (χ1) is 11.1. The topological polar surface area (TPSA) is 74.0 Å². The van der Waals surface area contributed by atoms with Crippen molar-refractivity contribution in [3.8, 4) is 0 Å². The molecule has 5 nitrogen and oxygen atoms in total. The molecule has 1 amide bonds. The number of hydrogen-bond donors (Lipinski definition) is 3. The highest BCUT2D eigenvalue weighted by atomic mass is 16.2. The second-order valence-electron chi connectivity index (χ2n) is 6.17. The van der Waals surface area contributed by atoms with Crippen molar-refractivity contribution in [3.05, 3.63) is 52.8 Å². The third-order valence-corrected chi connectivity index (χ3v) is 4.16. The van der Waals surface area contributed by atoms with Crippen LogP contribution in [0.2, 0.25) is 0 Å². The van der Waals surface area contributed by atoms with Crippen LogP contribution in [-0.2, 0) is 13.0 Å². The molecule has 1 aromatic carbocycles. The van der Waals surface area contributed by atoms with Gasteiger partial charge in [0.25, 0.3) is 5.91 Å². The molecular weight excluding hydrogens is 290 g/mol. The number of carbonyl (C=O) groups excluding carboxylic acids is 2. The molecule has 0 saturated carbocycles. The van der Waals surface area contributed by atoms with Crippen molar-refractivity contribution in [3.63, 3.8) is 0 Å². The Balaban J connectivity index is 1.78. The van der Waals surface area contributed by atoms with E-state index in [9.17, 15) is 9.59 Å². The van der Waals surface area contributed by atoms with E-state index in [-0.39, 0.29) is 11.7 Å². The average molecular weight is 311 g/mol. The Bertz CT molecular complexity index is 731. The highest BCUT2D eigenvalue weighted by Gasteiger charge is 2.29. The Kier molecular flexibility index (Phi) is 4.30. The number of aromatic amines is 1. The molecule has 1 heterocycles. The zero-order valence-corrected chi connectivity index (χ0v) is 13.4. The number of ketones is 1. The second-order valence-corrected chi connectivity index (χ2v) is 6.17. The molecule has 1 unspecified atom stereocenters. The van der Waals surface area contributed by atoms with Gasteiger partial charge in [-0.2, -0.15) is 0 Å². The summed E-state index contributed by atoms with van der Waals surface area (Å²) in [6.07, 6.45) is 2.96. The number of benzene rings is 1. The normalized spacial score (nSPS) is 17.0. The van der Waals surface area contributed by atoms with Crippen LogP contribution in [0.15, 0.2) is 30.5 Å². The summed E-state index contributed by atoms with van der Waals surface area (Å²) < 4.78 is 0. The lowest BCUT2D eigenvalue weighted by Gasteiger charge is -2.17. The summed E-state index contributed by atoms with van der Waals surface area (Å²) in [5.41, 5.74) is 3.75. The van der Waals surface area contributed by atoms with Crippen LogP contribution < -0.4 is 10.6 Å². The van der Waals surface area contributed by atoms with Gasteiger partial charge in [-0.15, -0.1) is 0 Å². The minimum atomic E-state index is -0.244. The number of nitrogens with one attached hydrogen (secondary N) is 3. The molecule has 0 bridgehead atoms. The van der Waals surface area contributed by atoms with Gasteiger partial charge in [-0.3, -0.25) is 9.59 Å². The first-order valence-corrected chi connectivity index (χ1v) is 7.87. The van der Waals surface area contributed by atoms with Crippen molar-refractivity contribution in [2.24, 2.45) is 5.92 Å². The molecule has 0 fully saturated rings. The van der Waals surface area contributed by atoms with E-state index in [0.29, 0.717) is 23.5 Å². The fraction of sp³-hybridized carbons (Fsp3) is 0.333. The number of fused-ring (bicyclic) bond motifs is 1. The zero-order chi connectivity index (χ0) is 16.4. The van der Waals surface area contributed by atoms with Crippen LogP contribution in [-0.4, -0.2) is 23.7 Å². The van der Waals surface area contributed by atoms with E-state index in [1.165, 1.54) is 0 Å². The highest BCUT2D eigenvalue weighted by Crippen LogP contribution is 2.28. The Morgan fingerprint density at radius 1 is 1.26 bits per heavy atom. The molecule has 3 N–H and O–H groups in total. The van der Waals surface area contributed by atoms with E-state index in [0.717, 1.165) is 29.9 Å². The highest BCUT2D eigenvalue weighted by molar-refractivity contribution is 6.13. The van der Waals surface area contributed by atoms with E-state index in [1.807, 2.05) is 38.2 Å². The standard InChI is InChI=1S/C18H21N3O2/c1-11-7-15-17(16(22)8-11)14(10-20-15)18(23)21-13-5-3-12(4-6-13)9-19-2/h3-6,10-11,19-20H,7-9H2,1-2H3,(H,21,23). The van der Waals surface area contributed by atoms with Crippen molar-refractivity contribution in [1.29, 1.82) is 0 Å². The molecule has 23 heavy (non-hydrogen) atoms. The molecule has 0 spiro atoms. The minimum absolute atomic E-state index is 0.0505. The molecule has 5 heteroatoms. The van der Waals surface area contributed by atoms with Gasteiger partial charge in [0, 0.05) is 30.5 Å². The molecule has 2 aromatic rings. The quantitative estimate of drug-likeness (QED) is 0.813. The molecule has 1 aliphatic carbocycles. The Labute approximate surface area is 135 Å². The molecule has 0 saturated heterocycles. The van der Waals surface area contributed by atoms with Crippen LogP contribution in [0.1, 0.15) is 45.3 Å². The van der Waals surface area contributed by atoms with Gasteiger partial charge in [-0.25, -0.2) is 0 Å². The van der Waals surface area contributed by atoms with E-state index < -0.39 is 0 Å². The smallest absolute Gasteiger partial charge is 0.257 e. The summed E-state index contributed by atoms with van der Waals surface area (Å²) in [6.45, 7) is 2.83. The molecule has 120 valence electrons. The molecule has 1 atom stereocenters. The number of anilines is 1. The lowest BCUT2D eigenvalue weighted by atomic mass is 9.86. The maximum atomic E-state index is 12.5. The number of hydrogen-bond acceptors (Lipinski definition) is 3. The molecule has 0 aliphatic heterocycles. The summed E-state index contributed by atoms with van der Waals surface area (Å²) in [5.74, 6) is 0.130. The number of H-pyrrole nitrogens is 1. The monoisotopic (exact) mass is 311 g/mol. The maximum Gasteiger partial charge on any atom is 0.257 e. The summed E-state index contributed by atoms with van der Waals surface area (Å²) in [7, 11) is 1.89. The van der Waals surface area contributed by atoms with Crippen LogP contribution in [0, 0.1) is 5.92 Å². The zero-order valence-electron chi connectivity index (χ0n) is 13.4. The van der Waals surface area contributed by atoms with Gasteiger partial charge in [-0.05, 0) is 37.1 Å². The van der Waals surface area contributed by atoms with Crippen LogP contribution >= 0.6 is 0 Å². The van der Waals surface area contributed by atoms with Crippen molar-refractivity contribution < 1.29 is 9.59 Å². The number of rotatable bonds is 4. The SMILES string of the molecule is CNCc1ccc(NC(=O)c2c[nH]c3c2C(=O)CC(C)C3)cc1. The van der Waals surface area contributed by atoms with Crippen LogP contribution in [0.4, 0.5) is 5.69 Å². The third kappa shape index (κ3) is 3.19. The average Bonchev–Trinajstić information content (AvgIpc) is 2.93. The van der Waals surface area contributed by atoms with Gasteiger partial charge in [-0.1, -0.05) is 19.1 Å². The fourth-order valence-corrected chi connectivity index (χ4v) is 3.07. The van der Waals surface area contributed by atoms with Crippen molar-refractivity contribution >= 4 is 17.4 Å². The summed E-state index contributed by atoms with van der Waals surface area (Å²) in [6, 6.07) is 7.66. The van der Waals surface area contributed by atoms with Gasteiger partial charge < -0.3 is 15.6 Å². The largest absolute Gasteiger partial charge is 0.364 e. The van der Waals surface area contributed by atoms with Crippen LogP contribution in [0.5, 0.6) is 0 Å². The van der Waals surface area contributed by atoms with E-state index in [1.54, 1.807) is 6.20 Å². The summed E-state index contributed by atoms with van der Waals surface area (Å²) >= 11 is 0. The fourth-order valence-electron chi connectivity index (χ4n) is 3.07. The summed E-state index contributed by atoms with van der Waals surface area (Å²) in [5, 5.41) is 5.94. The molecular formula is C18H21N3O2. The second kappa shape index (κ2) is 6.38. The predicted molar refractivity (Wildman–Crippen MR) is 89.8 cm³/mol. The van der Waals surface area contributed by atoms with Gasteiger partial charge in [0.05, 0.1) is 11.1 Å². The number of carbonyl (C=O) groups is 2.